The van der Waals surface area contributed by atoms with Gasteiger partial charge in [0.25, 0.3) is 0 Å². The number of nitrogens with two attached hydrogens (primary N) is 1. The highest BCUT2D eigenvalue weighted by Crippen LogP contribution is 2.20. The van der Waals surface area contributed by atoms with Crippen molar-refractivity contribution in [1.29, 1.82) is 0 Å². The molecule has 1 fully saturated rings. The van der Waals surface area contributed by atoms with Gasteiger partial charge in [0, 0.05) is 26.2 Å². The molecule has 0 saturated carbocycles. The molecule has 0 bridgehead atoms. The van der Waals surface area contributed by atoms with E-state index in [1.807, 2.05) is 0 Å². The molecule has 2 rings (SSSR count). The number of nitrogens with zero attached hydrogens (tertiary/aromatic N) is 1. The van der Waals surface area contributed by atoms with E-state index in [2.05, 4.69) is 10.0 Å². The molecule has 8 nitrogen and oxygen atoms in total. The average molecular weight is 334 g/mol. The van der Waals surface area contributed by atoms with Crippen LogP contribution in [0, 0.1) is 6.92 Å². The molecule has 118 valence electrons. The van der Waals surface area contributed by atoms with Gasteiger partial charge in [0.15, 0.2) is 0 Å². The maximum Gasteiger partial charge on any atom is 0.301 e. The largest absolute Gasteiger partial charge is 0.314 e. The van der Waals surface area contributed by atoms with Gasteiger partial charge in [0.05, 0.1) is 10.6 Å². The van der Waals surface area contributed by atoms with Gasteiger partial charge in [-0.2, -0.15) is 12.7 Å². The molecule has 0 amide bonds. The Balaban J connectivity index is 2.27. The molecular weight excluding hydrogens is 316 g/mol. The summed E-state index contributed by atoms with van der Waals surface area (Å²) in [5, 5.41) is 8.17. The Labute approximate surface area is 124 Å². The number of hydrogen-bond donors (Lipinski definition) is 3. The molecule has 1 saturated heterocycles. The summed E-state index contributed by atoms with van der Waals surface area (Å²) in [7, 11) is -7.60. The summed E-state index contributed by atoms with van der Waals surface area (Å²) in [5.74, 6) is 0. The lowest BCUT2D eigenvalue weighted by molar-refractivity contribution is 0.362. The zero-order chi connectivity index (χ0) is 15.7. The van der Waals surface area contributed by atoms with Gasteiger partial charge in [-0.15, -0.1) is 0 Å². The van der Waals surface area contributed by atoms with E-state index in [0.717, 1.165) is 0 Å². The fraction of sp³-hybridized carbons (Fsp3) is 0.455. The van der Waals surface area contributed by atoms with Crippen LogP contribution in [-0.2, 0) is 20.2 Å². The monoisotopic (exact) mass is 334 g/mol. The first-order chi connectivity index (χ1) is 9.70. The molecule has 1 aromatic rings. The molecule has 0 radical (unpaired) electrons. The van der Waals surface area contributed by atoms with Crippen LogP contribution in [0.4, 0.5) is 5.69 Å². The first kappa shape index (κ1) is 16.2. The zero-order valence-electron chi connectivity index (χ0n) is 11.5. The fourth-order valence-corrected chi connectivity index (χ4v) is 4.09. The van der Waals surface area contributed by atoms with Crippen molar-refractivity contribution >= 4 is 25.9 Å². The SMILES string of the molecule is Cc1ccc(NS(=O)(=O)N2CCNCC2)cc1S(N)(=O)=O. The molecule has 0 aliphatic carbocycles. The number of piperazine rings is 1. The van der Waals surface area contributed by atoms with Crippen molar-refractivity contribution in [2.24, 2.45) is 5.14 Å². The minimum Gasteiger partial charge on any atom is -0.314 e. The number of rotatable bonds is 4. The van der Waals surface area contributed by atoms with Crippen molar-refractivity contribution in [2.75, 3.05) is 30.9 Å². The minimum atomic E-state index is -3.89. The number of nitrogens with one attached hydrogen (secondary N) is 2. The lowest BCUT2D eigenvalue weighted by Crippen LogP contribution is -2.48. The third kappa shape index (κ3) is 3.92. The molecule has 0 atom stereocenters. The van der Waals surface area contributed by atoms with E-state index in [0.29, 0.717) is 31.7 Å². The molecule has 1 aliphatic heterocycles. The fourth-order valence-electron chi connectivity index (χ4n) is 2.07. The highest BCUT2D eigenvalue weighted by Gasteiger charge is 2.24. The number of anilines is 1. The molecule has 1 aliphatic rings. The lowest BCUT2D eigenvalue weighted by Gasteiger charge is -2.27. The van der Waals surface area contributed by atoms with Crippen LogP contribution in [0.3, 0.4) is 0 Å². The molecule has 0 spiro atoms. The van der Waals surface area contributed by atoms with Crippen LogP contribution in [0.15, 0.2) is 23.1 Å². The Kier molecular flexibility index (Phi) is 4.54. The van der Waals surface area contributed by atoms with Crippen LogP contribution in [0.1, 0.15) is 5.56 Å². The maximum absolute atomic E-state index is 12.2. The van der Waals surface area contributed by atoms with Crippen molar-refractivity contribution in [3.8, 4) is 0 Å². The van der Waals surface area contributed by atoms with Crippen molar-refractivity contribution in [3.05, 3.63) is 23.8 Å². The number of benzene rings is 1. The quantitative estimate of drug-likeness (QED) is 0.666. The molecule has 10 heteroatoms. The van der Waals surface area contributed by atoms with E-state index in [9.17, 15) is 16.8 Å². The van der Waals surface area contributed by atoms with E-state index in [-0.39, 0.29) is 10.6 Å². The predicted octanol–water partition coefficient (Wildman–Crippen LogP) is -0.796. The second-order valence-electron chi connectivity index (χ2n) is 4.78. The molecule has 0 aromatic heterocycles. The molecule has 21 heavy (non-hydrogen) atoms. The number of primary sulfonamides is 1. The molecular formula is C11H18N4O4S2. The Morgan fingerprint density at radius 1 is 1.19 bits per heavy atom. The van der Waals surface area contributed by atoms with Gasteiger partial charge in [-0.25, -0.2) is 13.6 Å². The van der Waals surface area contributed by atoms with Crippen LogP contribution in [0.2, 0.25) is 0 Å². The van der Waals surface area contributed by atoms with E-state index >= 15 is 0 Å². The first-order valence-electron chi connectivity index (χ1n) is 6.32. The Morgan fingerprint density at radius 3 is 2.38 bits per heavy atom. The van der Waals surface area contributed by atoms with Crippen molar-refractivity contribution in [2.45, 2.75) is 11.8 Å². The number of hydrogen-bond acceptors (Lipinski definition) is 5. The van der Waals surface area contributed by atoms with Crippen LogP contribution in [0.5, 0.6) is 0 Å². The van der Waals surface area contributed by atoms with E-state index in [1.165, 1.54) is 22.5 Å². The van der Waals surface area contributed by atoms with E-state index < -0.39 is 20.2 Å². The van der Waals surface area contributed by atoms with Crippen LogP contribution in [-0.4, -0.2) is 47.3 Å². The summed E-state index contributed by atoms with van der Waals surface area (Å²) in [6.45, 7) is 3.48. The van der Waals surface area contributed by atoms with Crippen LogP contribution < -0.4 is 15.2 Å². The predicted molar refractivity (Wildman–Crippen MR) is 79.5 cm³/mol. The third-order valence-electron chi connectivity index (χ3n) is 3.16. The van der Waals surface area contributed by atoms with Gasteiger partial charge in [0.1, 0.15) is 0 Å². The van der Waals surface area contributed by atoms with E-state index in [1.54, 1.807) is 6.92 Å². The maximum atomic E-state index is 12.2. The summed E-state index contributed by atoms with van der Waals surface area (Å²) in [5.41, 5.74) is 0.630. The van der Waals surface area contributed by atoms with Gasteiger partial charge in [-0.1, -0.05) is 6.07 Å². The Bertz CT molecular complexity index is 725. The van der Waals surface area contributed by atoms with Gasteiger partial charge < -0.3 is 5.32 Å². The summed E-state index contributed by atoms with van der Waals surface area (Å²) in [6.07, 6.45) is 0. The molecule has 1 aromatic carbocycles. The summed E-state index contributed by atoms with van der Waals surface area (Å²) < 4.78 is 51.0. The summed E-state index contributed by atoms with van der Waals surface area (Å²) in [6, 6.07) is 4.24. The van der Waals surface area contributed by atoms with Crippen molar-refractivity contribution in [3.63, 3.8) is 0 Å². The van der Waals surface area contributed by atoms with Crippen LogP contribution in [0.25, 0.3) is 0 Å². The molecule has 0 unspecified atom stereocenters. The number of aryl methyl sites for hydroxylation is 1. The first-order valence-corrected chi connectivity index (χ1v) is 9.31. The van der Waals surface area contributed by atoms with Gasteiger partial charge in [0.2, 0.25) is 10.0 Å². The van der Waals surface area contributed by atoms with Crippen LogP contribution >= 0.6 is 0 Å². The topological polar surface area (TPSA) is 122 Å². The van der Waals surface area contributed by atoms with Gasteiger partial charge >= 0.3 is 10.2 Å². The number of sulfonamides is 1. The van der Waals surface area contributed by atoms with Gasteiger partial charge in [-0.3, -0.25) is 4.72 Å². The molecule has 4 N–H and O–H groups in total. The lowest BCUT2D eigenvalue weighted by atomic mass is 10.2. The highest BCUT2D eigenvalue weighted by molar-refractivity contribution is 7.90. The Morgan fingerprint density at radius 2 is 1.81 bits per heavy atom. The van der Waals surface area contributed by atoms with E-state index in [4.69, 9.17) is 5.14 Å². The second-order valence-corrected chi connectivity index (χ2v) is 7.98. The third-order valence-corrected chi connectivity index (χ3v) is 5.75. The van der Waals surface area contributed by atoms with Gasteiger partial charge in [-0.05, 0) is 24.6 Å². The standard InChI is InChI=1S/C11H18N4O4S2/c1-9-2-3-10(8-11(9)20(12,16)17)14-21(18,19)15-6-4-13-5-7-15/h2-3,8,13-14H,4-7H2,1H3,(H2,12,16,17). The minimum absolute atomic E-state index is 0.0944. The Hall–Kier alpha value is -1.20. The summed E-state index contributed by atoms with van der Waals surface area (Å²) in [4.78, 5) is -0.0944. The second kappa shape index (κ2) is 5.89. The summed E-state index contributed by atoms with van der Waals surface area (Å²) >= 11 is 0. The molecule has 1 heterocycles. The highest BCUT2D eigenvalue weighted by atomic mass is 32.2. The van der Waals surface area contributed by atoms with Crippen molar-refractivity contribution in [1.82, 2.24) is 9.62 Å². The zero-order valence-corrected chi connectivity index (χ0v) is 13.2. The average Bonchev–Trinajstić information content (AvgIpc) is 2.40. The smallest absolute Gasteiger partial charge is 0.301 e. The normalized spacial score (nSPS) is 17.6. The van der Waals surface area contributed by atoms with Crippen molar-refractivity contribution < 1.29 is 16.8 Å².